The highest BCUT2D eigenvalue weighted by atomic mass is 19.4. The third kappa shape index (κ3) is 7.39. The number of benzene rings is 1. The molecule has 0 aromatic heterocycles. The summed E-state index contributed by atoms with van der Waals surface area (Å²) >= 11 is 0. The van der Waals surface area contributed by atoms with Gasteiger partial charge in [0.15, 0.2) is 0 Å². The summed E-state index contributed by atoms with van der Waals surface area (Å²) in [6, 6.07) is 9.86. The van der Waals surface area contributed by atoms with Gasteiger partial charge >= 0.3 is 12.1 Å². The van der Waals surface area contributed by atoms with E-state index in [1.165, 1.54) is 0 Å². The van der Waals surface area contributed by atoms with Crippen LogP contribution < -0.4 is 4.90 Å². The number of carbonyl (C=O) groups is 2. The summed E-state index contributed by atoms with van der Waals surface area (Å²) < 4.78 is 49.2. The van der Waals surface area contributed by atoms with Crippen LogP contribution in [-0.2, 0) is 23.8 Å². The van der Waals surface area contributed by atoms with Gasteiger partial charge in [0, 0.05) is 38.5 Å². The first-order valence-electron chi connectivity index (χ1n) is 10.9. The van der Waals surface area contributed by atoms with Crippen LogP contribution in [0.4, 0.5) is 18.9 Å². The van der Waals surface area contributed by atoms with Crippen LogP contribution in [0.3, 0.4) is 0 Å². The molecule has 3 saturated heterocycles. The highest BCUT2D eigenvalue weighted by Gasteiger charge is 2.43. The van der Waals surface area contributed by atoms with E-state index >= 15 is 0 Å². The maximum Gasteiger partial charge on any atom is 0.490 e. The molecular formula is C22H29F3N2O6. The number of amides is 1. The Morgan fingerprint density at radius 1 is 1.09 bits per heavy atom. The SMILES string of the molecule is O=C(O)C(F)(F)F.O=C1COC2(COCCN(CC3CCOCC3)C2)CN1c1ccccc1. The minimum absolute atomic E-state index is 0.0158. The van der Waals surface area contributed by atoms with Crippen LogP contribution >= 0.6 is 0 Å². The summed E-state index contributed by atoms with van der Waals surface area (Å²) in [6.45, 7) is 6.42. The lowest BCUT2D eigenvalue weighted by atomic mass is 9.97. The molecule has 1 atom stereocenters. The molecule has 0 aliphatic carbocycles. The molecule has 0 saturated carbocycles. The summed E-state index contributed by atoms with van der Waals surface area (Å²) in [5, 5.41) is 7.12. The molecule has 184 valence electrons. The molecule has 1 amide bonds. The fourth-order valence-electron chi connectivity index (χ4n) is 4.17. The van der Waals surface area contributed by atoms with Gasteiger partial charge in [0.1, 0.15) is 12.2 Å². The largest absolute Gasteiger partial charge is 0.490 e. The second-order valence-electron chi connectivity index (χ2n) is 8.43. The number of hydrogen-bond donors (Lipinski definition) is 1. The Kier molecular flexibility index (Phi) is 8.69. The standard InChI is InChI=1S/C20H28N2O4.C2HF3O2/c23-19-13-26-20(15-22(19)18-4-2-1-3-5-18)14-21(8-11-25-16-20)12-17-6-9-24-10-7-17;3-2(4,5)1(6)7/h1-5,17H,6-16H2;(H,6,7). The Bertz CT molecular complexity index is 788. The number of carbonyl (C=O) groups excluding carboxylic acids is 1. The second-order valence-corrected chi connectivity index (χ2v) is 8.43. The molecule has 11 heteroatoms. The van der Waals surface area contributed by atoms with Gasteiger partial charge in [-0.3, -0.25) is 9.69 Å². The molecule has 8 nitrogen and oxygen atoms in total. The van der Waals surface area contributed by atoms with Crippen molar-refractivity contribution >= 4 is 17.6 Å². The lowest BCUT2D eigenvalue weighted by molar-refractivity contribution is -0.192. The van der Waals surface area contributed by atoms with Crippen LogP contribution in [0.25, 0.3) is 0 Å². The van der Waals surface area contributed by atoms with Gasteiger partial charge in [-0.05, 0) is 30.9 Å². The van der Waals surface area contributed by atoms with Gasteiger partial charge in [-0.1, -0.05) is 18.2 Å². The number of aliphatic carboxylic acids is 1. The molecule has 0 bridgehead atoms. The molecule has 33 heavy (non-hydrogen) atoms. The molecule has 3 heterocycles. The van der Waals surface area contributed by atoms with Crippen LogP contribution in [0, 0.1) is 5.92 Å². The van der Waals surface area contributed by atoms with E-state index in [0.717, 1.165) is 51.4 Å². The van der Waals surface area contributed by atoms with Gasteiger partial charge in [0.2, 0.25) is 0 Å². The van der Waals surface area contributed by atoms with Crippen molar-refractivity contribution in [1.82, 2.24) is 4.90 Å². The molecule has 1 aromatic carbocycles. The minimum atomic E-state index is -5.08. The van der Waals surface area contributed by atoms with E-state index in [2.05, 4.69) is 4.90 Å². The Balaban J connectivity index is 0.000000383. The van der Waals surface area contributed by atoms with E-state index in [1.807, 2.05) is 35.2 Å². The Labute approximate surface area is 190 Å². The van der Waals surface area contributed by atoms with Crippen LogP contribution in [0.5, 0.6) is 0 Å². The number of carboxylic acids is 1. The van der Waals surface area contributed by atoms with E-state index in [0.29, 0.717) is 25.7 Å². The maximum atomic E-state index is 12.4. The minimum Gasteiger partial charge on any atom is -0.475 e. The highest BCUT2D eigenvalue weighted by molar-refractivity contribution is 5.95. The number of morpholine rings is 1. The first-order valence-corrected chi connectivity index (χ1v) is 10.9. The Morgan fingerprint density at radius 2 is 1.76 bits per heavy atom. The molecule has 4 rings (SSSR count). The van der Waals surface area contributed by atoms with Crippen molar-refractivity contribution in [2.75, 3.05) is 64.1 Å². The lowest BCUT2D eigenvalue weighted by Crippen LogP contribution is -2.61. The zero-order valence-corrected chi connectivity index (χ0v) is 18.3. The molecular weight excluding hydrogens is 445 g/mol. The van der Waals surface area contributed by atoms with Crippen LogP contribution in [-0.4, -0.2) is 92.9 Å². The predicted molar refractivity (Wildman–Crippen MR) is 112 cm³/mol. The fourth-order valence-corrected chi connectivity index (χ4v) is 4.17. The van der Waals surface area contributed by atoms with E-state index in [9.17, 15) is 18.0 Å². The van der Waals surface area contributed by atoms with Crippen molar-refractivity contribution < 1.29 is 42.1 Å². The smallest absolute Gasteiger partial charge is 0.475 e. The van der Waals surface area contributed by atoms with Crippen molar-refractivity contribution in [3.8, 4) is 0 Å². The maximum absolute atomic E-state index is 12.4. The number of para-hydroxylation sites is 1. The van der Waals surface area contributed by atoms with Crippen molar-refractivity contribution in [2.24, 2.45) is 5.92 Å². The van der Waals surface area contributed by atoms with Crippen molar-refractivity contribution in [1.29, 1.82) is 0 Å². The van der Waals surface area contributed by atoms with E-state index in [1.54, 1.807) is 0 Å². The van der Waals surface area contributed by atoms with E-state index < -0.39 is 17.7 Å². The number of nitrogens with zero attached hydrogens (tertiary/aromatic N) is 2. The Hall–Kier alpha value is -2.21. The summed E-state index contributed by atoms with van der Waals surface area (Å²) in [7, 11) is 0. The lowest BCUT2D eigenvalue weighted by Gasteiger charge is -2.43. The molecule has 0 radical (unpaired) electrons. The normalized spacial score (nSPS) is 25.3. The average molecular weight is 474 g/mol. The number of hydrogen-bond acceptors (Lipinski definition) is 6. The van der Waals surface area contributed by atoms with Gasteiger partial charge in [-0.25, -0.2) is 4.79 Å². The number of ether oxygens (including phenoxy) is 3. The first kappa shape index (κ1) is 25.4. The predicted octanol–water partition coefficient (Wildman–Crippen LogP) is 2.18. The number of carboxylic acid groups (broad SMARTS) is 1. The topological polar surface area (TPSA) is 88.5 Å². The first-order chi connectivity index (χ1) is 15.7. The highest BCUT2D eigenvalue weighted by Crippen LogP contribution is 2.28. The van der Waals surface area contributed by atoms with Crippen LogP contribution in [0.15, 0.2) is 30.3 Å². The molecule has 1 N–H and O–H groups in total. The van der Waals surface area contributed by atoms with Crippen LogP contribution in [0.1, 0.15) is 12.8 Å². The average Bonchev–Trinajstić information content (AvgIpc) is 2.99. The number of anilines is 1. The molecule has 1 aromatic rings. The monoisotopic (exact) mass is 474 g/mol. The third-order valence-corrected chi connectivity index (χ3v) is 5.85. The molecule has 1 unspecified atom stereocenters. The number of rotatable bonds is 3. The number of alkyl halides is 3. The summed E-state index contributed by atoms with van der Waals surface area (Å²) in [6.07, 6.45) is -2.83. The number of halogens is 3. The van der Waals surface area contributed by atoms with Gasteiger partial charge in [-0.2, -0.15) is 13.2 Å². The van der Waals surface area contributed by atoms with Crippen LogP contribution in [0.2, 0.25) is 0 Å². The van der Waals surface area contributed by atoms with E-state index in [-0.39, 0.29) is 12.5 Å². The molecule has 3 aliphatic heterocycles. The van der Waals surface area contributed by atoms with Gasteiger partial charge in [0.25, 0.3) is 5.91 Å². The van der Waals surface area contributed by atoms with Gasteiger partial charge in [-0.15, -0.1) is 0 Å². The van der Waals surface area contributed by atoms with Crippen molar-refractivity contribution in [3.05, 3.63) is 30.3 Å². The van der Waals surface area contributed by atoms with Crippen molar-refractivity contribution in [2.45, 2.75) is 24.6 Å². The summed E-state index contributed by atoms with van der Waals surface area (Å²) in [5.41, 5.74) is 0.478. The van der Waals surface area contributed by atoms with Gasteiger partial charge in [0.05, 0.1) is 19.8 Å². The molecule has 3 aliphatic rings. The summed E-state index contributed by atoms with van der Waals surface area (Å²) in [5.74, 6) is -2.07. The second kappa shape index (κ2) is 11.3. The molecule has 1 spiro atoms. The fraction of sp³-hybridized carbons (Fsp3) is 0.636. The zero-order chi connectivity index (χ0) is 23.9. The quantitative estimate of drug-likeness (QED) is 0.719. The molecule has 3 fully saturated rings. The van der Waals surface area contributed by atoms with Crippen molar-refractivity contribution in [3.63, 3.8) is 0 Å². The Morgan fingerprint density at radius 3 is 2.39 bits per heavy atom. The third-order valence-electron chi connectivity index (χ3n) is 5.85. The summed E-state index contributed by atoms with van der Waals surface area (Å²) in [4.78, 5) is 25.6. The van der Waals surface area contributed by atoms with E-state index in [4.69, 9.17) is 24.1 Å². The van der Waals surface area contributed by atoms with Gasteiger partial charge < -0.3 is 24.2 Å². The zero-order valence-electron chi connectivity index (χ0n) is 18.3.